The molecule has 0 saturated heterocycles. The number of hydrogen-bond donors (Lipinski definition) is 2. The summed E-state index contributed by atoms with van der Waals surface area (Å²) in [5, 5.41) is 12.6. The smallest absolute Gasteiger partial charge is 0.329 e. The van der Waals surface area contributed by atoms with Crippen molar-refractivity contribution < 1.29 is 9.90 Å². The summed E-state index contributed by atoms with van der Waals surface area (Å²) in [6.45, 7) is 5.39. The highest BCUT2D eigenvalue weighted by atomic mass is 32.1. The van der Waals surface area contributed by atoms with Crippen molar-refractivity contribution in [3.05, 3.63) is 5.82 Å². The summed E-state index contributed by atoms with van der Waals surface area (Å²) in [5.74, 6) is -0.205. The van der Waals surface area contributed by atoms with Crippen LogP contribution in [0.1, 0.15) is 32.5 Å². The third kappa shape index (κ3) is 2.89. The van der Waals surface area contributed by atoms with Crippen LogP contribution in [0.5, 0.6) is 0 Å². The molecule has 1 aromatic rings. The zero-order valence-electron chi connectivity index (χ0n) is 9.07. The fourth-order valence-corrected chi connectivity index (χ4v) is 2.01. The van der Waals surface area contributed by atoms with E-state index >= 15 is 0 Å². The van der Waals surface area contributed by atoms with E-state index in [0.29, 0.717) is 17.4 Å². The van der Waals surface area contributed by atoms with Gasteiger partial charge in [-0.15, -0.1) is 0 Å². The number of aliphatic carboxylic acids is 1. The topological polar surface area (TPSA) is 75.1 Å². The Hall–Kier alpha value is -1.17. The van der Waals surface area contributed by atoms with Gasteiger partial charge in [0.05, 0.1) is 0 Å². The van der Waals surface area contributed by atoms with E-state index in [2.05, 4.69) is 14.7 Å². The molecule has 0 spiro atoms. The molecular formula is C9H15N3O2S. The summed E-state index contributed by atoms with van der Waals surface area (Å²) in [4.78, 5) is 15.2. The highest BCUT2D eigenvalue weighted by Gasteiger charge is 2.32. The summed E-state index contributed by atoms with van der Waals surface area (Å²) in [6.07, 6.45) is 1.36. The number of aryl methyl sites for hydroxylation is 1. The number of nitrogens with one attached hydrogen (secondary N) is 1. The van der Waals surface area contributed by atoms with E-state index in [1.165, 1.54) is 11.5 Å². The number of carboxylic acids is 1. The van der Waals surface area contributed by atoms with Crippen LogP contribution in [0.3, 0.4) is 0 Å². The lowest BCUT2D eigenvalue weighted by Crippen LogP contribution is -2.43. The molecule has 0 aromatic carbocycles. The van der Waals surface area contributed by atoms with E-state index in [1.807, 2.05) is 6.92 Å². The first kappa shape index (κ1) is 11.9. The second-order valence-electron chi connectivity index (χ2n) is 3.66. The third-order valence-electron chi connectivity index (χ3n) is 2.13. The lowest BCUT2D eigenvalue weighted by Gasteiger charge is -2.24. The van der Waals surface area contributed by atoms with Gasteiger partial charge in [0.25, 0.3) is 0 Å². The van der Waals surface area contributed by atoms with E-state index in [-0.39, 0.29) is 0 Å². The monoisotopic (exact) mass is 229 g/mol. The molecule has 1 unspecified atom stereocenters. The molecule has 6 heteroatoms. The molecule has 0 fully saturated rings. The Kier molecular flexibility index (Phi) is 3.62. The number of carboxylic acid groups (broad SMARTS) is 1. The minimum Gasteiger partial charge on any atom is -0.480 e. The number of carbonyl (C=O) groups is 1. The van der Waals surface area contributed by atoms with Gasteiger partial charge in [0.15, 0.2) is 0 Å². The maximum absolute atomic E-state index is 11.1. The van der Waals surface area contributed by atoms with Gasteiger partial charge in [0.1, 0.15) is 11.4 Å². The lowest BCUT2D eigenvalue weighted by atomic mass is 9.97. The van der Waals surface area contributed by atoms with Crippen LogP contribution in [-0.2, 0) is 4.79 Å². The largest absolute Gasteiger partial charge is 0.480 e. The molecule has 0 amide bonds. The van der Waals surface area contributed by atoms with Gasteiger partial charge in [-0.25, -0.2) is 9.78 Å². The number of aromatic nitrogens is 2. The van der Waals surface area contributed by atoms with Gasteiger partial charge in [-0.2, -0.15) is 4.37 Å². The predicted molar refractivity (Wildman–Crippen MR) is 59.2 cm³/mol. The minimum atomic E-state index is -0.958. The quantitative estimate of drug-likeness (QED) is 0.806. The molecule has 0 saturated carbocycles. The van der Waals surface area contributed by atoms with Gasteiger partial charge < -0.3 is 10.4 Å². The van der Waals surface area contributed by atoms with Crippen LogP contribution in [0.15, 0.2) is 0 Å². The molecule has 2 N–H and O–H groups in total. The lowest BCUT2D eigenvalue weighted by molar-refractivity contribution is -0.141. The van der Waals surface area contributed by atoms with Crippen LogP contribution in [0.2, 0.25) is 0 Å². The van der Waals surface area contributed by atoms with Gasteiger partial charge in [-0.05, 0) is 20.3 Å². The molecule has 0 aliphatic carbocycles. The second kappa shape index (κ2) is 4.57. The molecule has 0 aliphatic heterocycles. The second-order valence-corrected chi connectivity index (χ2v) is 4.41. The number of hydrogen-bond acceptors (Lipinski definition) is 5. The highest BCUT2D eigenvalue weighted by Crippen LogP contribution is 2.21. The number of anilines is 1. The molecule has 84 valence electrons. The zero-order valence-corrected chi connectivity index (χ0v) is 9.89. The maximum atomic E-state index is 11.1. The fourth-order valence-electron chi connectivity index (χ4n) is 1.31. The van der Waals surface area contributed by atoms with Gasteiger partial charge in [0.2, 0.25) is 5.13 Å². The van der Waals surface area contributed by atoms with Crippen LogP contribution >= 0.6 is 11.5 Å². The Balaban J connectivity index is 2.79. The van der Waals surface area contributed by atoms with Gasteiger partial charge in [0, 0.05) is 11.5 Å². The normalized spacial score (nSPS) is 14.6. The third-order valence-corrected chi connectivity index (χ3v) is 2.85. The summed E-state index contributed by atoms with van der Waals surface area (Å²) in [7, 11) is 0. The molecule has 1 heterocycles. The summed E-state index contributed by atoms with van der Waals surface area (Å²) in [5.41, 5.74) is -0.958. The molecule has 1 aromatic heterocycles. The zero-order chi connectivity index (χ0) is 11.5. The summed E-state index contributed by atoms with van der Waals surface area (Å²) >= 11 is 1.18. The van der Waals surface area contributed by atoms with Crippen molar-refractivity contribution in [1.82, 2.24) is 9.36 Å². The van der Waals surface area contributed by atoms with Crippen molar-refractivity contribution in [3.63, 3.8) is 0 Å². The van der Waals surface area contributed by atoms with Crippen molar-refractivity contribution in [3.8, 4) is 0 Å². The fraction of sp³-hybridized carbons (Fsp3) is 0.667. The first-order valence-corrected chi connectivity index (χ1v) is 5.57. The highest BCUT2D eigenvalue weighted by molar-refractivity contribution is 7.09. The first-order valence-electron chi connectivity index (χ1n) is 4.80. The standard InChI is InChI=1S/C9H15N3O2S/c1-4-5-9(3,7(13)14)11-8-10-6(2)12-15-8/h4-5H2,1-3H3,(H,13,14)(H,10,11,12). The van der Waals surface area contributed by atoms with E-state index in [1.54, 1.807) is 13.8 Å². The first-order chi connectivity index (χ1) is 6.98. The Morgan fingerprint density at radius 1 is 1.67 bits per heavy atom. The van der Waals surface area contributed by atoms with Crippen LogP contribution in [-0.4, -0.2) is 26.0 Å². The van der Waals surface area contributed by atoms with Crippen LogP contribution in [0.4, 0.5) is 5.13 Å². The SMILES string of the molecule is CCCC(C)(Nc1nc(C)ns1)C(=O)O. The molecular weight excluding hydrogens is 214 g/mol. The van der Waals surface area contributed by atoms with E-state index < -0.39 is 11.5 Å². The average Bonchev–Trinajstić information content (AvgIpc) is 2.51. The molecule has 15 heavy (non-hydrogen) atoms. The Labute approximate surface area is 92.7 Å². The molecule has 0 radical (unpaired) electrons. The van der Waals surface area contributed by atoms with Crippen LogP contribution in [0, 0.1) is 6.92 Å². The molecule has 5 nitrogen and oxygen atoms in total. The average molecular weight is 229 g/mol. The predicted octanol–water partition coefficient (Wildman–Crippen LogP) is 1.90. The Morgan fingerprint density at radius 3 is 2.73 bits per heavy atom. The number of rotatable bonds is 5. The molecule has 1 rings (SSSR count). The minimum absolute atomic E-state index is 0.557. The Morgan fingerprint density at radius 2 is 2.33 bits per heavy atom. The number of nitrogens with zero attached hydrogens (tertiary/aromatic N) is 2. The van der Waals surface area contributed by atoms with Crippen molar-refractivity contribution in [1.29, 1.82) is 0 Å². The summed E-state index contributed by atoms with van der Waals surface area (Å²) in [6, 6.07) is 0. The van der Waals surface area contributed by atoms with Crippen molar-refractivity contribution in [2.75, 3.05) is 5.32 Å². The van der Waals surface area contributed by atoms with Crippen LogP contribution in [0.25, 0.3) is 0 Å². The van der Waals surface area contributed by atoms with Gasteiger partial charge in [-0.1, -0.05) is 13.3 Å². The van der Waals surface area contributed by atoms with Gasteiger partial charge >= 0.3 is 5.97 Å². The van der Waals surface area contributed by atoms with Gasteiger partial charge in [-0.3, -0.25) is 0 Å². The van der Waals surface area contributed by atoms with E-state index in [0.717, 1.165) is 6.42 Å². The Bertz CT molecular complexity index is 353. The molecule has 1 atom stereocenters. The van der Waals surface area contributed by atoms with Crippen molar-refractivity contribution in [2.24, 2.45) is 0 Å². The summed E-state index contributed by atoms with van der Waals surface area (Å²) < 4.78 is 4.00. The van der Waals surface area contributed by atoms with Crippen molar-refractivity contribution in [2.45, 2.75) is 39.2 Å². The van der Waals surface area contributed by atoms with Crippen LogP contribution < -0.4 is 5.32 Å². The van der Waals surface area contributed by atoms with E-state index in [4.69, 9.17) is 5.11 Å². The maximum Gasteiger partial charge on any atom is 0.329 e. The molecule has 0 bridgehead atoms. The van der Waals surface area contributed by atoms with Crippen molar-refractivity contribution >= 4 is 22.6 Å². The van der Waals surface area contributed by atoms with E-state index in [9.17, 15) is 4.79 Å². The molecule has 0 aliphatic rings.